The van der Waals surface area contributed by atoms with Crippen molar-refractivity contribution >= 4 is 5.69 Å². The average Bonchev–Trinajstić information content (AvgIpc) is 2.82. The second-order valence-electron chi connectivity index (χ2n) is 6.33. The van der Waals surface area contributed by atoms with Crippen molar-refractivity contribution in [1.82, 2.24) is 4.90 Å². The molecular weight excluding hydrogens is 300 g/mol. The number of benzene rings is 1. The van der Waals surface area contributed by atoms with Gasteiger partial charge in [0.15, 0.2) is 0 Å². The van der Waals surface area contributed by atoms with Crippen LogP contribution in [-0.2, 0) is 4.74 Å². The number of rotatable bonds is 3. The molecular formula is C16H20N2O5. The topological polar surface area (TPSA) is 85.1 Å². The zero-order valence-electron chi connectivity index (χ0n) is 13.2. The van der Waals surface area contributed by atoms with Crippen molar-refractivity contribution in [2.45, 2.75) is 25.5 Å². The van der Waals surface area contributed by atoms with Crippen molar-refractivity contribution < 1.29 is 19.5 Å². The molecule has 23 heavy (non-hydrogen) atoms. The lowest BCUT2D eigenvalue weighted by Crippen LogP contribution is -2.39. The molecule has 2 aliphatic rings. The highest BCUT2D eigenvalue weighted by molar-refractivity contribution is 5.52. The van der Waals surface area contributed by atoms with Crippen LogP contribution in [0.4, 0.5) is 5.69 Å². The van der Waals surface area contributed by atoms with Crippen molar-refractivity contribution in [3.8, 4) is 5.75 Å². The normalized spacial score (nSPS) is 23.6. The molecule has 1 aromatic rings. The summed E-state index contributed by atoms with van der Waals surface area (Å²) in [4.78, 5) is 12.8. The second-order valence-corrected chi connectivity index (χ2v) is 6.33. The van der Waals surface area contributed by atoms with Gasteiger partial charge in [-0.3, -0.25) is 15.0 Å². The van der Waals surface area contributed by atoms with E-state index in [0.717, 1.165) is 5.56 Å². The molecule has 3 rings (SSSR count). The van der Waals surface area contributed by atoms with E-state index in [4.69, 9.17) is 9.47 Å². The Bertz CT molecular complexity index is 644. The van der Waals surface area contributed by atoms with Crippen LogP contribution >= 0.6 is 0 Å². The van der Waals surface area contributed by atoms with E-state index in [2.05, 4.69) is 4.90 Å². The van der Waals surface area contributed by atoms with E-state index in [-0.39, 0.29) is 11.7 Å². The highest BCUT2D eigenvalue weighted by Gasteiger charge is 2.37. The summed E-state index contributed by atoms with van der Waals surface area (Å²) in [5.41, 5.74) is -0.236. The highest BCUT2D eigenvalue weighted by Crippen LogP contribution is 2.45. The maximum atomic E-state index is 11.1. The summed E-state index contributed by atoms with van der Waals surface area (Å²) in [7, 11) is 0. The van der Waals surface area contributed by atoms with Gasteiger partial charge in [-0.1, -0.05) is 0 Å². The van der Waals surface area contributed by atoms with Gasteiger partial charge in [-0.15, -0.1) is 0 Å². The molecule has 0 spiro atoms. The van der Waals surface area contributed by atoms with E-state index >= 15 is 0 Å². The van der Waals surface area contributed by atoms with Crippen LogP contribution in [0.1, 0.15) is 25.5 Å². The van der Waals surface area contributed by atoms with Crippen LogP contribution in [0.3, 0.4) is 0 Å². The molecule has 1 N–H and O–H groups in total. The summed E-state index contributed by atoms with van der Waals surface area (Å²) in [6, 6.07) is 4.37. The number of aliphatic hydroxyl groups is 1. The van der Waals surface area contributed by atoms with Gasteiger partial charge in [0.2, 0.25) is 0 Å². The molecule has 0 unspecified atom stereocenters. The third kappa shape index (κ3) is 3.36. The summed E-state index contributed by atoms with van der Waals surface area (Å²) in [6.07, 6.45) is 1.67. The number of hydrogen-bond donors (Lipinski definition) is 1. The fourth-order valence-electron chi connectivity index (χ4n) is 2.96. The number of nitro benzene ring substituents is 1. The highest BCUT2D eigenvalue weighted by atomic mass is 16.6. The molecule has 0 aromatic heterocycles. The third-order valence-corrected chi connectivity index (χ3v) is 3.90. The summed E-state index contributed by atoms with van der Waals surface area (Å²) >= 11 is 0. The molecule has 124 valence electrons. The average molecular weight is 320 g/mol. The summed E-state index contributed by atoms with van der Waals surface area (Å²) in [6.45, 7) is 5.97. The van der Waals surface area contributed by atoms with Crippen molar-refractivity contribution in [2.75, 3.05) is 26.3 Å². The Balaban J connectivity index is 2.04. The van der Waals surface area contributed by atoms with Crippen LogP contribution in [0.15, 0.2) is 30.0 Å². The standard InChI is InChI=1S/C16H20N2O5/c1-16(2,19)10-14-15(17-5-7-22-8-6-17)12-9-11(18(20)21)3-4-13(12)23-14/h3-4,9-10,15,19H,5-8H2,1-2H3/b14-10-/t15-/m0/s1. The van der Waals surface area contributed by atoms with E-state index in [1.54, 1.807) is 32.1 Å². The van der Waals surface area contributed by atoms with Gasteiger partial charge < -0.3 is 14.6 Å². The second kappa shape index (κ2) is 5.92. The molecule has 7 heteroatoms. The van der Waals surface area contributed by atoms with E-state index in [9.17, 15) is 15.2 Å². The number of non-ortho nitro benzene ring substituents is 1. The Kier molecular flexibility index (Phi) is 4.09. The van der Waals surface area contributed by atoms with Crippen molar-refractivity contribution in [3.63, 3.8) is 0 Å². The Morgan fingerprint density at radius 3 is 2.70 bits per heavy atom. The minimum atomic E-state index is -1.03. The molecule has 0 amide bonds. The van der Waals surface area contributed by atoms with E-state index in [0.29, 0.717) is 37.8 Å². The van der Waals surface area contributed by atoms with Gasteiger partial charge in [-0.25, -0.2) is 0 Å². The maximum absolute atomic E-state index is 11.1. The van der Waals surface area contributed by atoms with Crippen molar-refractivity contribution in [2.24, 2.45) is 0 Å². The Morgan fingerprint density at radius 2 is 2.09 bits per heavy atom. The predicted molar refractivity (Wildman–Crippen MR) is 83.2 cm³/mol. The molecule has 0 bridgehead atoms. The molecule has 1 fully saturated rings. The number of morpholine rings is 1. The van der Waals surface area contributed by atoms with Gasteiger partial charge in [0.05, 0.1) is 29.8 Å². The van der Waals surface area contributed by atoms with Crippen LogP contribution in [0.25, 0.3) is 0 Å². The molecule has 1 saturated heterocycles. The van der Waals surface area contributed by atoms with Gasteiger partial charge in [0, 0.05) is 30.8 Å². The number of ether oxygens (including phenoxy) is 2. The molecule has 0 aliphatic carbocycles. The fraction of sp³-hybridized carbons (Fsp3) is 0.500. The first-order valence-electron chi connectivity index (χ1n) is 7.58. The van der Waals surface area contributed by atoms with Crippen molar-refractivity contribution in [3.05, 3.63) is 45.7 Å². The lowest BCUT2D eigenvalue weighted by Gasteiger charge is -2.32. The number of nitro groups is 1. The monoisotopic (exact) mass is 320 g/mol. The van der Waals surface area contributed by atoms with E-state index in [1.807, 2.05) is 0 Å². The fourth-order valence-corrected chi connectivity index (χ4v) is 2.96. The first-order valence-corrected chi connectivity index (χ1v) is 7.58. The molecule has 2 aliphatic heterocycles. The Morgan fingerprint density at radius 1 is 1.39 bits per heavy atom. The molecule has 7 nitrogen and oxygen atoms in total. The van der Waals surface area contributed by atoms with Crippen LogP contribution in [-0.4, -0.2) is 46.8 Å². The molecule has 2 heterocycles. The number of fused-ring (bicyclic) bond motifs is 1. The predicted octanol–water partition coefficient (Wildman–Crippen LogP) is 2.02. The molecule has 0 saturated carbocycles. The third-order valence-electron chi connectivity index (χ3n) is 3.90. The zero-order valence-corrected chi connectivity index (χ0v) is 13.2. The minimum absolute atomic E-state index is 0.0371. The maximum Gasteiger partial charge on any atom is 0.270 e. The molecule has 0 radical (unpaired) electrons. The minimum Gasteiger partial charge on any atom is -0.460 e. The molecule has 1 aromatic carbocycles. The number of nitrogens with zero attached hydrogens (tertiary/aromatic N) is 2. The van der Waals surface area contributed by atoms with Gasteiger partial charge >= 0.3 is 0 Å². The van der Waals surface area contributed by atoms with Gasteiger partial charge in [-0.05, 0) is 26.0 Å². The number of hydrogen-bond acceptors (Lipinski definition) is 6. The van der Waals surface area contributed by atoms with Crippen molar-refractivity contribution in [1.29, 1.82) is 0 Å². The lowest BCUT2D eigenvalue weighted by molar-refractivity contribution is -0.384. The zero-order chi connectivity index (χ0) is 16.6. The van der Waals surface area contributed by atoms with Gasteiger partial charge in [-0.2, -0.15) is 0 Å². The first-order chi connectivity index (χ1) is 10.8. The molecule has 1 atom stereocenters. The first kappa shape index (κ1) is 15.9. The lowest BCUT2D eigenvalue weighted by atomic mass is 10.0. The smallest absolute Gasteiger partial charge is 0.270 e. The summed E-state index contributed by atoms with van der Waals surface area (Å²) in [5, 5.41) is 21.2. The van der Waals surface area contributed by atoms with Crippen LogP contribution in [0.5, 0.6) is 5.75 Å². The Hall–Kier alpha value is -1.96. The Labute approximate surface area is 134 Å². The summed E-state index contributed by atoms with van der Waals surface area (Å²) < 4.78 is 11.3. The van der Waals surface area contributed by atoms with Gasteiger partial charge in [0.25, 0.3) is 5.69 Å². The SMILES string of the molecule is CC(C)(O)/C=C1\Oc2ccc([N+](=O)[O-])cc2[C@@H]1N1CCOCC1. The van der Waals surface area contributed by atoms with Crippen LogP contribution < -0.4 is 4.74 Å². The van der Waals surface area contributed by atoms with E-state index < -0.39 is 10.5 Å². The quantitative estimate of drug-likeness (QED) is 0.677. The van der Waals surface area contributed by atoms with Crippen LogP contribution in [0.2, 0.25) is 0 Å². The van der Waals surface area contributed by atoms with Crippen LogP contribution in [0, 0.1) is 10.1 Å². The van der Waals surface area contributed by atoms with Gasteiger partial charge in [0.1, 0.15) is 11.5 Å². The summed E-state index contributed by atoms with van der Waals surface area (Å²) in [5.74, 6) is 1.21. The largest absolute Gasteiger partial charge is 0.460 e. The van der Waals surface area contributed by atoms with E-state index in [1.165, 1.54) is 6.07 Å².